The van der Waals surface area contributed by atoms with Crippen molar-refractivity contribution in [3.8, 4) is 0 Å². The third kappa shape index (κ3) is 7.84. The number of benzene rings is 2. The molecule has 1 fully saturated rings. The van der Waals surface area contributed by atoms with Crippen LogP contribution in [0.15, 0.2) is 60.7 Å². The first-order valence-corrected chi connectivity index (χ1v) is 11.5. The molecule has 170 valence electrons. The summed E-state index contributed by atoms with van der Waals surface area (Å²) >= 11 is 0. The highest BCUT2D eigenvalue weighted by Crippen LogP contribution is 2.17. The van der Waals surface area contributed by atoms with Crippen LogP contribution in [0.1, 0.15) is 60.9 Å². The van der Waals surface area contributed by atoms with Crippen LogP contribution in [-0.4, -0.2) is 36.5 Å². The number of hydrogen-bond donors (Lipinski definition) is 2. The lowest BCUT2D eigenvalue weighted by Gasteiger charge is -2.21. The summed E-state index contributed by atoms with van der Waals surface area (Å²) in [5, 5.41) is 5.75. The molecule has 0 radical (unpaired) electrons. The number of amides is 2. The van der Waals surface area contributed by atoms with Gasteiger partial charge in [-0.25, -0.2) is 4.79 Å². The maximum Gasteiger partial charge on any atom is 0.329 e. The predicted octanol–water partition coefficient (Wildman–Crippen LogP) is 3.80. The number of esters is 1. The van der Waals surface area contributed by atoms with E-state index in [9.17, 15) is 14.4 Å². The first-order chi connectivity index (χ1) is 15.6. The van der Waals surface area contributed by atoms with E-state index in [0.29, 0.717) is 5.56 Å². The first kappa shape index (κ1) is 23.5. The van der Waals surface area contributed by atoms with Crippen molar-refractivity contribution in [2.75, 3.05) is 6.61 Å². The van der Waals surface area contributed by atoms with Crippen molar-refractivity contribution >= 4 is 17.8 Å². The lowest BCUT2D eigenvalue weighted by Crippen LogP contribution is -2.45. The minimum absolute atomic E-state index is 0.138. The van der Waals surface area contributed by atoms with Crippen LogP contribution in [-0.2, 0) is 20.7 Å². The zero-order chi connectivity index (χ0) is 22.6. The van der Waals surface area contributed by atoms with Crippen molar-refractivity contribution in [1.29, 1.82) is 0 Å². The summed E-state index contributed by atoms with van der Waals surface area (Å²) in [4.78, 5) is 37.8. The Labute approximate surface area is 189 Å². The van der Waals surface area contributed by atoms with Gasteiger partial charge in [-0.05, 0) is 30.5 Å². The standard InChI is InChI=1S/C26H32N2O4/c29-24(27-22-16-10-2-1-3-11-17-22)19-32-26(31)23(18-20-12-6-4-7-13-20)28-25(30)21-14-8-5-9-15-21/h4-9,12-15,22-23H,1-3,10-11,16-19H2,(H,27,29)(H,28,30). The van der Waals surface area contributed by atoms with Crippen LogP contribution in [0.25, 0.3) is 0 Å². The van der Waals surface area contributed by atoms with Crippen molar-refractivity contribution < 1.29 is 19.1 Å². The Hall–Kier alpha value is -3.15. The van der Waals surface area contributed by atoms with Crippen LogP contribution < -0.4 is 10.6 Å². The molecule has 1 aliphatic rings. The quantitative estimate of drug-likeness (QED) is 0.617. The Morgan fingerprint density at radius 1 is 0.844 bits per heavy atom. The highest BCUT2D eigenvalue weighted by atomic mass is 16.5. The lowest BCUT2D eigenvalue weighted by atomic mass is 9.97. The molecule has 0 aliphatic heterocycles. The molecule has 0 bridgehead atoms. The highest BCUT2D eigenvalue weighted by Gasteiger charge is 2.24. The second-order valence-electron chi connectivity index (χ2n) is 8.30. The molecule has 3 rings (SSSR count). The van der Waals surface area contributed by atoms with Gasteiger partial charge in [0.25, 0.3) is 11.8 Å². The van der Waals surface area contributed by atoms with Gasteiger partial charge in [0.15, 0.2) is 6.61 Å². The van der Waals surface area contributed by atoms with Crippen molar-refractivity contribution in [3.63, 3.8) is 0 Å². The fourth-order valence-electron chi connectivity index (χ4n) is 3.98. The van der Waals surface area contributed by atoms with Crippen molar-refractivity contribution in [1.82, 2.24) is 10.6 Å². The molecule has 0 aromatic heterocycles. The Kier molecular flexibility index (Phi) is 9.29. The summed E-state index contributed by atoms with van der Waals surface area (Å²) in [6, 6.07) is 17.4. The van der Waals surface area contributed by atoms with Crippen LogP contribution in [0, 0.1) is 0 Å². The maximum atomic E-state index is 12.8. The zero-order valence-electron chi connectivity index (χ0n) is 18.4. The average molecular weight is 437 g/mol. The Morgan fingerprint density at radius 2 is 1.44 bits per heavy atom. The monoisotopic (exact) mass is 436 g/mol. The summed E-state index contributed by atoms with van der Waals surface area (Å²) in [6.45, 7) is -0.345. The first-order valence-electron chi connectivity index (χ1n) is 11.5. The van der Waals surface area contributed by atoms with E-state index in [1.54, 1.807) is 24.3 Å². The molecule has 6 heteroatoms. The van der Waals surface area contributed by atoms with Gasteiger partial charge in [-0.1, -0.05) is 80.6 Å². The van der Waals surface area contributed by atoms with Gasteiger partial charge in [0.2, 0.25) is 0 Å². The van der Waals surface area contributed by atoms with E-state index in [1.165, 1.54) is 19.3 Å². The number of hydrogen-bond acceptors (Lipinski definition) is 4. The van der Waals surface area contributed by atoms with Gasteiger partial charge in [0.1, 0.15) is 6.04 Å². The van der Waals surface area contributed by atoms with Crippen LogP contribution >= 0.6 is 0 Å². The molecule has 32 heavy (non-hydrogen) atoms. The van der Waals surface area contributed by atoms with E-state index in [4.69, 9.17) is 4.74 Å². The second-order valence-corrected chi connectivity index (χ2v) is 8.30. The smallest absolute Gasteiger partial charge is 0.329 e. The minimum atomic E-state index is -0.890. The lowest BCUT2D eigenvalue weighted by molar-refractivity contribution is -0.150. The number of carbonyl (C=O) groups excluding carboxylic acids is 3. The summed E-state index contributed by atoms with van der Waals surface area (Å²) in [5.74, 6) is -1.27. The molecule has 2 aromatic rings. The van der Waals surface area contributed by atoms with E-state index in [1.807, 2.05) is 36.4 Å². The fourth-order valence-corrected chi connectivity index (χ4v) is 3.98. The van der Waals surface area contributed by atoms with Crippen LogP contribution in [0.5, 0.6) is 0 Å². The largest absolute Gasteiger partial charge is 0.454 e. The minimum Gasteiger partial charge on any atom is -0.454 e. The maximum absolute atomic E-state index is 12.8. The molecule has 2 N–H and O–H groups in total. The topological polar surface area (TPSA) is 84.5 Å². The van der Waals surface area contributed by atoms with E-state index in [2.05, 4.69) is 10.6 Å². The Morgan fingerprint density at radius 3 is 2.09 bits per heavy atom. The van der Waals surface area contributed by atoms with Crippen LogP contribution in [0.4, 0.5) is 0 Å². The van der Waals surface area contributed by atoms with Gasteiger partial charge in [-0.15, -0.1) is 0 Å². The molecule has 0 heterocycles. The summed E-state index contributed by atoms with van der Waals surface area (Å²) in [7, 11) is 0. The molecule has 2 amide bonds. The molecule has 1 aliphatic carbocycles. The molecular formula is C26H32N2O4. The van der Waals surface area contributed by atoms with Gasteiger partial charge in [0.05, 0.1) is 0 Å². The highest BCUT2D eigenvalue weighted by molar-refractivity contribution is 5.97. The van der Waals surface area contributed by atoms with E-state index in [0.717, 1.165) is 31.2 Å². The molecule has 1 saturated carbocycles. The van der Waals surface area contributed by atoms with E-state index in [-0.39, 0.29) is 30.9 Å². The SMILES string of the molecule is O=C(COC(=O)C(Cc1ccccc1)NC(=O)c1ccccc1)NC1CCCCCCC1. The summed E-state index contributed by atoms with van der Waals surface area (Å²) in [6.07, 6.45) is 8.07. The predicted molar refractivity (Wildman–Crippen MR) is 123 cm³/mol. The third-order valence-corrected chi connectivity index (χ3v) is 5.72. The number of carbonyl (C=O) groups is 3. The van der Waals surface area contributed by atoms with Gasteiger partial charge >= 0.3 is 5.97 Å². The van der Waals surface area contributed by atoms with Gasteiger partial charge < -0.3 is 15.4 Å². The number of nitrogens with one attached hydrogen (secondary N) is 2. The number of ether oxygens (including phenoxy) is 1. The van der Waals surface area contributed by atoms with Crippen molar-refractivity contribution in [2.24, 2.45) is 0 Å². The fraction of sp³-hybridized carbons (Fsp3) is 0.423. The zero-order valence-corrected chi connectivity index (χ0v) is 18.4. The Balaban J connectivity index is 1.57. The third-order valence-electron chi connectivity index (χ3n) is 5.72. The normalized spacial score (nSPS) is 15.6. The second kappa shape index (κ2) is 12.6. The molecule has 1 unspecified atom stereocenters. The van der Waals surface area contributed by atoms with Crippen molar-refractivity contribution in [2.45, 2.75) is 63.5 Å². The summed E-state index contributed by atoms with van der Waals surface area (Å²) in [5.41, 5.74) is 1.35. The molecule has 0 saturated heterocycles. The van der Waals surface area contributed by atoms with E-state index < -0.39 is 12.0 Å². The van der Waals surface area contributed by atoms with E-state index >= 15 is 0 Å². The van der Waals surface area contributed by atoms with Crippen molar-refractivity contribution in [3.05, 3.63) is 71.8 Å². The number of rotatable bonds is 8. The van der Waals surface area contributed by atoms with Gasteiger partial charge in [-0.2, -0.15) is 0 Å². The van der Waals surface area contributed by atoms with Gasteiger partial charge in [0, 0.05) is 18.0 Å². The summed E-state index contributed by atoms with van der Waals surface area (Å²) < 4.78 is 5.31. The molecular weight excluding hydrogens is 404 g/mol. The average Bonchev–Trinajstić information content (AvgIpc) is 2.80. The van der Waals surface area contributed by atoms with Crippen LogP contribution in [0.3, 0.4) is 0 Å². The molecule has 2 aromatic carbocycles. The van der Waals surface area contributed by atoms with Gasteiger partial charge in [-0.3, -0.25) is 9.59 Å². The molecule has 1 atom stereocenters. The Bertz CT molecular complexity index is 862. The molecule has 0 spiro atoms. The molecule has 6 nitrogen and oxygen atoms in total. The van der Waals surface area contributed by atoms with Crippen LogP contribution in [0.2, 0.25) is 0 Å².